The van der Waals surface area contributed by atoms with Crippen molar-refractivity contribution in [1.29, 1.82) is 0 Å². The van der Waals surface area contributed by atoms with Gasteiger partial charge in [0.15, 0.2) is 0 Å². The third-order valence-electron chi connectivity index (χ3n) is 2.56. The molecular weight excluding hydrogens is 244 g/mol. The summed E-state index contributed by atoms with van der Waals surface area (Å²) < 4.78 is 0. The van der Waals surface area contributed by atoms with Gasteiger partial charge in [-0.1, -0.05) is 12.2 Å². The van der Waals surface area contributed by atoms with Gasteiger partial charge in [0.05, 0.1) is 5.56 Å². The fourth-order valence-corrected chi connectivity index (χ4v) is 1.68. The summed E-state index contributed by atoms with van der Waals surface area (Å²) in [6, 6.07) is 4.43. The van der Waals surface area contributed by atoms with E-state index in [4.69, 9.17) is 5.11 Å². The number of aromatic carboxylic acids is 1. The Morgan fingerprint density at radius 3 is 2.53 bits per heavy atom. The minimum Gasteiger partial charge on any atom is -0.478 e. The van der Waals surface area contributed by atoms with Crippen LogP contribution in [0.3, 0.4) is 0 Å². The fourth-order valence-electron chi connectivity index (χ4n) is 1.68. The van der Waals surface area contributed by atoms with Crippen molar-refractivity contribution >= 4 is 17.7 Å². The Labute approximate surface area is 112 Å². The summed E-state index contributed by atoms with van der Waals surface area (Å²) >= 11 is 0. The van der Waals surface area contributed by atoms with Crippen LogP contribution in [0.15, 0.2) is 30.4 Å². The van der Waals surface area contributed by atoms with Crippen molar-refractivity contribution in [2.24, 2.45) is 0 Å². The number of hydrogen-bond donors (Lipinski definition) is 2. The van der Waals surface area contributed by atoms with Gasteiger partial charge in [0.1, 0.15) is 0 Å². The molecule has 1 rings (SSSR count). The Hall–Kier alpha value is -2.30. The molecule has 0 saturated heterocycles. The number of carbonyl (C=O) groups excluding carboxylic acids is 1. The van der Waals surface area contributed by atoms with Crippen LogP contribution in [0.2, 0.25) is 0 Å². The maximum atomic E-state index is 11.8. The number of rotatable bonds is 4. The molecule has 102 valence electrons. The van der Waals surface area contributed by atoms with E-state index in [1.54, 1.807) is 26.1 Å². The zero-order valence-corrected chi connectivity index (χ0v) is 11.4. The monoisotopic (exact) mass is 262 g/mol. The van der Waals surface area contributed by atoms with Gasteiger partial charge in [-0.2, -0.15) is 0 Å². The molecule has 0 heterocycles. The lowest BCUT2D eigenvalue weighted by molar-refractivity contribution is 0.0696. The summed E-state index contributed by atoms with van der Waals surface area (Å²) in [5.41, 5.74) is 2.29. The van der Waals surface area contributed by atoms with Gasteiger partial charge >= 0.3 is 12.0 Å². The molecule has 0 radical (unpaired) electrons. The third kappa shape index (κ3) is 4.13. The molecule has 5 heteroatoms. The number of nitrogens with one attached hydrogen (secondary N) is 1. The number of carboxylic acids is 1. The van der Waals surface area contributed by atoms with Crippen molar-refractivity contribution in [2.45, 2.75) is 13.8 Å². The van der Waals surface area contributed by atoms with E-state index in [1.165, 1.54) is 11.0 Å². The van der Waals surface area contributed by atoms with Gasteiger partial charge in [-0.15, -0.1) is 0 Å². The molecule has 1 aromatic carbocycles. The number of carbonyl (C=O) groups is 2. The van der Waals surface area contributed by atoms with Crippen LogP contribution >= 0.6 is 0 Å². The molecule has 0 aliphatic heterocycles. The zero-order valence-electron chi connectivity index (χ0n) is 11.4. The lowest BCUT2D eigenvalue weighted by Crippen LogP contribution is -2.32. The van der Waals surface area contributed by atoms with E-state index in [0.717, 1.165) is 5.57 Å². The molecule has 0 fully saturated rings. The molecule has 0 saturated carbocycles. The van der Waals surface area contributed by atoms with Crippen LogP contribution in [-0.2, 0) is 0 Å². The molecule has 5 nitrogen and oxygen atoms in total. The molecule has 0 unspecified atom stereocenters. The van der Waals surface area contributed by atoms with Crippen LogP contribution in [0.5, 0.6) is 0 Å². The first-order valence-electron chi connectivity index (χ1n) is 5.81. The standard InChI is InChI=1S/C14H18N2O3/c1-9(2)8-16(4)14(19)15-11-5-6-12(13(17)18)10(3)7-11/h5-7H,1,8H2,2-4H3,(H,15,19)(H,17,18). The molecule has 0 aliphatic carbocycles. The summed E-state index contributed by atoms with van der Waals surface area (Å²) in [7, 11) is 1.67. The van der Waals surface area contributed by atoms with E-state index < -0.39 is 5.97 Å². The zero-order chi connectivity index (χ0) is 14.6. The number of anilines is 1. The van der Waals surface area contributed by atoms with Crippen molar-refractivity contribution in [2.75, 3.05) is 18.9 Å². The molecule has 2 N–H and O–H groups in total. The first-order valence-corrected chi connectivity index (χ1v) is 5.81. The maximum absolute atomic E-state index is 11.8. The van der Waals surface area contributed by atoms with Crippen LogP contribution in [0.4, 0.5) is 10.5 Å². The Kier molecular flexibility index (Phi) is 4.69. The number of amides is 2. The van der Waals surface area contributed by atoms with Crippen LogP contribution in [0.1, 0.15) is 22.8 Å². The first kappa shape index (κ1) is 14.8. The summed E-state index contributed by atoms with van der Waals surface area (Å²) in [5.74, 6) is -0.977. The first-order chi connectivity index (χ1) is 8.81. The Bertz CT molecular complexity index is 523. The molecule has 0 atom stereocenters. The fraction of sp³-hybridized carbons (Fsp3) is 0.286. The number of likely N-dealkylation sites (N-methyl/N-ethyl adjacent to an activating group) is 1. The lowest BCUT2D eigenvalue weighted by atomic mass is 10.1. The normalized spacial score (nSPS) is 9.84. The van der Waals surface area contributed by atoms with Crippen LogP contribution in [0.25, 0.3) is 0 Å². The van der Waals surface area contributed by atoms with Gasteiger partial charge in [0, 0.05) is 19.3 Å². The number of urea groups is 1. The number of hydrogen-bond acceptors (Lipinski definition) is 2. The van der Waals surface area contributed by atoms with Crippen LogP contribution in [-0.4, -0.2) is 35.6 Å². The molecule has 0 aliphatic rings. The highest BCUT2D eigenvalue weighted by Gasteiger charge is 2.11. The highest BCUT2D eigenvalue weighted by atomic mass is 16.4. The van der Waals surface area contributed by atoms with Gasteiger partial charge in [-0.3, -0.25) is 0 Å². The van der Waals surface area contributed by atoms with Gasteiger partial charge in [-0.25, -0.2) is 9.59 Å². The summed E-state index contributed by atoms with van der Waals surface area (Å²) in [5, 5.41) is 11.6. The number of carboxylic acid groups (broad SMARTS) is 1. The topological polar surface area (TPSA) is 69.6 Å². The second-order valence-corrected chi connectivity index (χ2v) is 4.58. The lowest BCUT2D eigenvalue weighted by Gasteiger charge is -2.18. The second kappa shape index (κ2) is 6.04. The average molecular weight is 262 g/mol. The largest absolute Gasteiger partial charge is 0.478 e. The van der Waals surface area contributed by atoms with E-state index in [9.17, 15) is 9.59 Å². The predicted octanol–water partition coefficient (Wildman–Crippen LogP) is 2.73. The smallest absolute Gasteiger partial charge is 0.335 e. The molecule has 1 aromatic rings. The van der Waals surface area contributed by atoms with E-state index in [-0.39, 0.29) is 11.6 Å². The van der Waals surface area contributed by atoms with E-state index >= 15 is 0 Å². The molecule has 0 bridgehead atoms. The highest BCUT2D eigenvalue weighted by Crippen LogP contribution is 2.15. The highest BCUT2D eigenvalue weighted by molar-refractivity contribution is 5.92. The molecule has 19 heavy (non-hydrogen) atoms. The Morgan fingerprint density at radius 1 is 1.42 bits per heavy atom. The second-order valence-electron chi connectivity index (χ2n) is 4.58. The molecular formula is C14H18N2O3. The quantitative estimate of drug-likeness (QED) is 0.820. The maximum Gasteiger partial charge on any atom is 0.335 e. The van der Waals surface area contributed by atoms with Crippen molar-refractivity contribution in [3.05, 3.63) is 41.5 Å². The van der Waals surface area contributed by atoms with Crippen molar-refractivity contribution < 1.29 is 14.7 Å². The van der Waals surface area contributed by atoms with E-state index in [1.807, 2.05) is 6.92 Å². The van der Waals surface area contributed by atoms with E-state index in [2.05, 4.69) is 11.9 Å². The Balaban J connectivity index is 2.78. The predicted molar refractivity (Wildman–Crippen MR) is 74.6 cm³/mol. The van der Waals surface area contributed by atoms with Crippen LogP contribution < -0.4 is 5.32 Å². The summed E-state index contributed by atoms with van der Waals surface area (Å²) in [6.07, 6.45) is 0. The SMILES string of the molecule is C=C(C)CN(C)C(=O)Nc1ccc(C(=O)O)c(C)c1. The number of nitrogens with zero attached hydrogens (tertiary/aromatic N) is 1. The minimum atomic E-state index is -0.977. The summed E-state index contributed by atoms with van der Waals surface area (Å²) in [4.78, 5) is 24.2. The van der Waals surface area contributed by atoms with Crippen molar-refractivity contribution in [3.8, 4) is 0 Å². The minimum absolute atomic E-state index is 0.230. The molecule has 0 spiro atoms. The third-order valence-corrected chi connectivity index (χ3v) is 2.56. The van der Waals surface area contributed by atoms with Gasteiger partial charge in [-0.05, 0) is 37.6 Å². The van der Waals surface area contributed by atoms with Crippen LogP contribution in [0, 0.1) is 6.92 Å². The van der Waals surface area contributed by atoms with Gasteiger partial charge < -0.3 is 15.3 Å². The van der Waals surface area contributed by atoms with Gasteiger partial charge in [0.25, 0.3) is 0 Å². The Morgan fingerprint density at radius 2 is 2.05 bits per heavy atom. The summed E-state index contributed by atoms with van der Waals surface area (Å²) in [6.45, 7) is 7.75. The van der Waals surface area contributed by atoms with E-state index in [0.29, 0.717) is 17.8 Å². The average Bonchev–Trinajstić information content (AvgIpc) is 2.27. The number of aryl methyl sites for hydroxylation is 1. The molecule has 0 aromatic heterocycles. The molecule has 2 amide bonds. The van der Waals surface area contributed by atoms with Gasteiger partial charge in [0.2, 0.25) is 0 Å². The van der Waals surface area contributed by atoms with Crippen molar-refractivity contribution in [1.82, 2.24) is 4.90 Å². The number of benzene rings is 1. The van der Waals surface area contributed by atoms with Crippen molar-refractivity contribution in [3.63, 3.8) is 0 Å².